The van der Waals surface area contributed by atoms with Gasteiger partial charge in [0, 0.05) is 19.6 Å². The second kappa shape index (κ2) is 6.14. The number of carbonyl (C=O) groups is 1. The van der Waals surface area contributed by atoms with Crippen LogP contribution in [0.4, 0.5) is 26.3 Å². The molecule has 3 rings (SSSR count). The zero-order valence-corrected chi connectivity index (χ0v) is 13.6. The Labute approximate surface area is 145 Å². The molecule has 9 heteroatoms. The zero-order chi connectivity index (χ0) is 19.3. The van der Waals surface area contributed by atoms with Gasteiger partial charge in [-0.05, 0) is 42.5 Å². The van der Waals surface area contributed by atoms with Gasteiger partial charge in [-0.1, -0.05) is 6.42 Å². The summed E-state index contributed by atoms with van der Waals surface area (Å²) < 4.78 is 77.7. The summed E-state index contributed by atoms with van der Waals surface area (Å²) in [5.74, 6) is -1.06. The van der Waals surface area contributed by atoms with Crippen molar-refractivity contribution in [3.05, 3.63) is 34.9 Å². The maximum absolute atomic E-state index is 12.9. The summed E-state index contributed by atoms with van der Waals surface area (Å²) >= 11 is 0. The van der Waals surface area contributed by atoms with E-state index in [0.29, 0.717) is 31.5 Å². The number of nitrogens with zero attached hydrogens (tertiary/aromatic N) is 1. The molecule has 2 atom stereocenters. The molecule has 1 heterocycles. The first kappa shape index (κ1) is 19.0. The quantitative estimate of drug-likeness (QED) is 0.789. The summed E-state index contributed by atoms with van der Waals surface area (Å²) in [7, 11) is 0. The van der Waals surface area contributed by atoms with Crippen LogP contribution in [0.2, 0.25) is 0 Å². The van der Waals surface area contributed by atoms with Gasteiger partial charge in [0.1, 0.15) is 0 Å². The van der Waals surface area contributed by atoms with Gasteiger partial charge < -0.3 is 5.11 Å². The van der Waals surface area contributed by atoms with Gasteiger partial charge in [0.25, 0.3) is 0 Å². The average Bonchev–Trinajstić information content (AvgIpc) is 3.02. The van der Waals surface area contributed by atoms with Crippen molar-refractivity contribution >= 4 is 5.97 Å². The van der Waals surface area contributed by atoms with Gasteiger partial charge in [0.15, 0.2) is 0 Å². The minimum Gasteiger partial charge on any atom is -0.481 e. The van der Waals surface area contributed by atoms with Gasteiger partial charge in [0.05, 0.1) is 16.5 Å². The maximum Gasteiger partial charge on any atom is 0.416 e. The van der Waals surface area contributed by atoms with E-state index < -0.39 is 34.9 Å². The van der Waals surface area contributed by atoms with Crippen molar-refractivity contribution in [1.29, 1.82) is 0 Å². The molecule has 1 saturated heterocycles. The fraction of sp³-hybridized carbons (Fsp3) is 0.588. The number of halogens is 6. The second-order valence-electron chi connectivity index (χ2n) is 7.13. The van der Waals surface area contributed by atoms with E-state index in [1.807, 2.05) is 0 Å². The molecule has 0 amide bonds. The standard InChI is InChI=1S/C17H17F6NO2/c18-16(19,20)12-4-10(5-13(6-12)17(21,22)23)7-24-8-11-2-1-3-15(11,9-24)14(25)26/h4-6,11H,1-3,7-9H2,(H,25,26)/t11-,15+/m0/s1. The van der Waals surface area contributed by atoms with Crippen molar-refractivity contribution in [3.8, 4) is 0 Å². The molecule has 1 aromatic carbocycles. The number of benzene rings is 1. The van der Waals surface area contributed by atoms with Crippen LogP contribution in [0.25, 0.3) is 0 Å². The highest BCUT2D eigenvalue weighted by molar-refractivity contribution is 5.76. The van der Waals surface area contributed by atoms with Crippen molar-refractivity contribution < 1.29 is 36.2 Å². The Balaban J connectivity index is 1.87. The van der Waals surface area contributed by atoms with E-state index in [1.54, 1.807) is 4.90 Å². The van der Waals surface area contributed by atoms with Crippen molar-refractivity contribution in [2.24, 2.45) is 11.3 Å². The first-order valence-electron chi connectivity index (χ1n) is 8.16. The lowest BCUT2D eigenvalue weighted by Gasteiger charge is -2.24. The zero-order valence-electron chi connectivity index (χ0n) is 13.6. The van der Waals surface area contributed by atoms with Crippen LogP contribution in [0, 0.1) is 11.3 Å². The van der Waals surface area contributed by atoms with Crippen molar-refractivity contribution in [2.45, 2.75) is 38.2 Å². The highest BCUT2D eigenvalue weighted by atomic mass is 19.4. The molecular formula is C17H17F6NO2. The monoisotopic (exact) mass is 381 g/mol. The second-order valence-corrected chi connectivity index (χ2v) is 7.13. The van der Waals surface area contributed by atoms with E-state index in [2.05, 4.69) is 0 Å². The van der Waals surface area contributed by atoms with Crippen LogP contribution < -0.4 is 0 Å². The van der Waals surface area contributed by atoms with Gasteiger partial charge >= 0.3 is 18.3 Å². The van der Waals surface area contributed by atoms with Gasteiger partial charge in [0.2, 0.25) is 0 Å². The molecule has 2 fully saturated rings. The molecule has 1 saturated carbocycles. The number of carboxylic acids is 1. The smallest absolute Gasteiger partial charge is 0.416 e. The minimum absolute atomic E-state index is 0.0982. The fourth-order valence-electron chi connectivity index (χ4n) is 4.23. The van der Waals surface area contributed by atoms with Crippen LogP contribution in [-0.4, -0.2) is 29.1 Å². The highest BCUT2D eigenvalue weighted by Crippen LogP contribution is 2.49. The number of fused-ring (bicyclic) bond motifs is 1. The summed E-state index contributed by atoms with van der Waals surface area (Å²) in [4.78, 5) is 13.3. The van der Waals surface area contributed by atoms with Gasteiger partial charge in [-0.3, -0.25) is 9.69 Å². The SMILES string of the molecule is O=C(O)[C@@]12CCC[C@H]1CN(Cc1cc(C(F)(F)F)cc(C(F)(F)F)c1)C2. The molecule has 144 valence electrons. The Kier molecular flexibility index (Phi) is 4.49. The maximum atomic E-state index is 12.9. The summed E-state index contributed by atoms with van der Waals surface area (Å²) in [5.41, 5.74) is -3.76. The van der Waals surface area contributed by atoms with Crippen LogP contribution in [0.15, 0.2) is 18.2 Å². The predicted octanol–water partition coefficient (Wildman–Crippen LogP) is 4.41. The van der Waals surface area contributed by atoms with Crippen molar-refractivity contribution in [2.75, 3.05) is 13.1 Å². The molecule has 1 aliphatic heterocycles. The Morgan fingerprint density at radius 3 is 2.15 bits per heavy atom. The van der Waals surface area contributed by atoms with E-state index in [9.17, 15) is 36.2 Å². The average molecular weight is 381 g/mol. The van der Waals surface area contributed by atoms with E-state index >= 15 is 0 Å². The molecule has 0 unspecified atom stereocenters. The molecular weight excluding hydrogens is 364 g/mol. The largest absolute Gasteiger partial charge is 0.481 e. The molecule has 3 nitrogen and oxygen atoms in total. The first-order valence-corrected chi connectivity index (χ1v) is 8.16. The number of aliphatic carboxylic acids is 1. The number of likely N-dealkylation sites (tertiary alicyclic amines) is 1. The summed E-state index contributed by atoms with van der Waals surface area (Å²) in [6.45, 7) is 0.368. The topological polar surface area (TPSA) is 40.5 Å². The van der Waals surface area contributed by atoms with E-state index in [0.717, 1.165) is 6.42 Å². The van der Waals surface area contributed by atoms with Crippen molar-refractivity contribution in [1.82, 2.24) is 4.90 Å². The highest BCUT2D eigenvalue weighted by Gasteiger charge is 2.54. The third-order valence-electron chi connectivity index (χ3n) is 5.42. The lowest BCUT2D eigenvalue weighted by molar-refractivity contribution is -0.149. The summed E-state index contributed by atoms with van der Waals surface area (Å²) in [5, 5.41) is 9.54. The summed E-state index contributed by atoms with van der Waals surface area (Å²) in [6, 6.07) is 1.51. The molecule has 0 spiro atoms. The Morgan fingerprint density at radius 1 is 1.12 bits per heavy atom. The molecule has 26 heavy (non-hydrogen) atoms. The molecule has 1 aromatic rings. The number of hydrogen-bond acceptors (Lipinski definition) is 2. The van der Waals surface area contributed by atoms with Gasteiger partial charge in [-0.2, -0.15) is 26.3 Å². The van der Waals surface area contributed by atoms with Crippen LogP contribution in [0.5, 0.6) is 0 Å². The molecule has 0 radical (unpaired) electrons. The Morgan fingerprint density at radius 2 is 1.69 bits per heavy atom. The predicted molar refractivity (Wildman–Crippen MR) is 79.1 cm³/mol. The van der Waals surface area contributed by atoms with Crippen LogP contribution in [0.3, 0.4) is 0 Å². The lowest BCUT2D eigenvalue weighted by Crippen LogP contribution is -2.35. The van der Waals surface area contributed by atoms with Gasteiger partial charge in [-0.25, -0.2) is 0 Å². The molecule has 0 aromatic heterocycles. The number of hydrogen-bond donors (Lipinski definition) is 1. The molecule has 0 bridgehead atoms. The molecule has 1 aliphatic carbocycles. The van der Waals surface area contributed by atoms with E-state index in [1.165, 1.54) is 0 Å². The van der Waals surface area contributed by atoms with Crippen LogP contribution in [-0.2, 0) is 23.7 Å². The number of alkyl halides is 6. The molecule has 2 aliphatic rings. The van der Waals surface area contributed by atoms with Crippen LogP contribution >= 0.6 is 0 Å². The minimum atomic E-state index is -4.89. The lowest BCUT2D eigenvalue weighted by atomic mass is 9.81. The van der Waals surface area contributed by atoms with Gasteiger partial charge in [-0.15, -0.1) is 0 Å². The first-order chi connectivity index (χ1) is 11.9. The van der Waals surface area contributed by atoms with E-state index in [4.69, 9.17) is 0 Å². The fourth-order valence-corrected chi connectivity index (χ4v) is 4.23. The number of carboxylic acid groups (broad SMARTS) is 1. The van der Waals surface area contributed by atoms with Crippen LogP contribution in [0.1, 0.15) is 36.0 Å². The third-order valence-corrected chi connectivity index (χ3v) is 5.42. The normalized spacial score (nSPS) is 26.9. The third kappa shape index (κ3) is 3.41. The Bertz CT molecular complexity index is 682. The Hall–Kier alpha value is -1.77. The molecule has 1 N–H and O–H groups in total. The van der Waals surface area contributed by atoms with Crippen molar-refractivity contribution in [3.63, 3.8) is 0 Å². The summed E-state index contributed by atoms with van der Waals surface area (Å²) in [6.07, 6.45) is -7.81. The number of rotatable bonds is 3. The van der Waals surface area contributed by atoms with E-state index in [-0.39, 0.29) is 30.6 Å².